The van der Waals surface area contributed by atoms with E-state index >= 15 is 0 Å². The number of hydrogen-bond donors (Lipinski definition) is 9. The molecule has 2 aliphatic rings. The van der Waals surface area contributed by atoms with Gasteiger partial charge in [-0.05, 0) is 64.2 Å². The fourth-order valence-electron chi connectivity index (χ4n) is 8.92. The molecule has 0 aromatic rings. The number of unbranched alkanes of at least 4 members (excludes halogenated alkanes) is 24. The summed E-state index contributed by atoms with van der Waals surface area (Å²) in [5.41, 5.74) is 0. The van der Waals surface area contributed by atoms with E-state index in [-0.39, 0.29) is 18.9 Å². The second kappa shape index (κ2) is 42.3. The molecule has 9 N–H and O–H groups in total. The first-order chi connectivity index (χ1) is 34.1. The minimum atomic E-state index is -1.79. The van der Waals surface area contributed by atoms with Crippen molar-refractivity contribution in [2.45, 2.75) is 280 Å². The van der Waals surface area contributed by atoms with Crippen molar-refractivity contribution in [2.75, 3.05) is 19.8 Å². The maximum atomic E-state index is 13.2. The number of ether oxygens (including phenoxy) is 4. The monoisotopic (exact) mass is 996 g/mol. The Morgan fingerprint density at radius 3 is 1.49 bits per heavy atom. The van der Waals surface area contributed by atoms with Gasteiger partial charge in [0.15, 0.2) is 12.6 Å². The number of allylic oxidation sites excluding steroid dienone is 7. The Morgan fingerprint density at radius 1 is 0.514 bits per heavy atom. The number of rotatable bonds is 43. The molecule has 2 fully saturated rings. The van der Waals surface area contributed by atoms with E-state index in [4.69, 9.17) is 18.9 Å². The van der Waals surface area contributed by atoms with Crippen LogP contribution in [-0.2, 0) is 23.7 Å². The Morgan fingerprint density at radius 2 is 0.957 bits per heavy atom. The molecule has 0 spiro atoms. The zero-order valence-electron chi connectivity index (χ0n) is 43.5. The van der Waals surface area contributed by atoms with Gasteiger partial charge in [0.05, 0.1) is 32.0 Å². The molecule has 0 bridgehead atoms. The van der Waals surface area contributed by atoms with Crippen molar-refractivity contribution in [2.24, 2.45) is 0 Å². The quantitative estimate of drug-likeness (QED) is 0.0207. The highest BCUT2D eigenvalue weighted by molar-refractivity contribution is 5.76. The van der Waals surface area contributed by atoms with E-state index in [2.05, 4.69) is 55.6 Å². The van der Waals surface area contributed by atoms with Crippen LogP contribution in [0.15, 0.2) is 48.6 Å². The van der Waals surface area contributed by atoms with Crippen LogP contribution in [0.25, 0.3) is 0 Å². The third kappa shape index (κ3) is 28.4. The summed E-state index contributed by atoms with van der Waals surface area (Å²) in [6.07, 6.45) is 34.3. The number of hydrogen-bond acceptors (Lipinski definition) is 13. The van der Waals surface area contributed by atoms with Crippen molar-refractivity contribution >= 4 is 5.91 Å². The number of aliphatic hydroxyl groups excluding tert-OH is 8. The topological polar surface area (TPSA) is 228 Å². The fraction of sp³-hybridized carbons (Fsp3) is 0.839. The highest BCUT2D eigenvalue weighted by atomic mass is 16.7. The third-order valence-electron chi connectivity index (χ3n) is 13.5. The predicted octanol–water partition coefficient (Wildman–Crippen LogP) is 8.44. The maximum absolute atomic E-state index is 13.2. The van der Waals surface area contributed by atoms with Gasteiger partial charge < -0.3 is 65.1 Å². The summed E-state index contributed by atoms with van der Waals surface area (Å²) in [4.78, 5) is 13.2. The molecule has 12 atom stereocenters. The van der Waals surface area contributed by atoms with Gasteiger partial charge in [-0.1, -0.05) is 184 Å². The molecule has 0 aromatic heterocycles. The molecule has 0 aromatic carbocycles. The van der Waals surface area contributed by atoms with Crippen LogP contribution < -0.4 is 5.32 Å². The summed E-state index contributed by atoms with van der Waals surface area (Å²) in [7, 11) is 0. The Hall–Kier alpha value is -2.05. The van der Waals surface area contributed by atoms with Gasteiger partial charge in [-0.25, -0.2) is 0 Å². The fourth-order valence-corrected chi connectivity index (χ4v) is 8.92. The first-order valence-corrected chi connectivity index (χ1v) is 27.9. The van der Waals surface area contributed by atoms with Crippen LogP contribution in [0.3, 0.4) is 0 Å². The van der Waals surface area contributed by atoms with Gasteiger partial charge in [0, 0.05) is 6.42 Å². The normalized spacial score (nSPS) is 26.3. The number of carbonyl (C=O) groups is 1. The van der Waals surface area contributed by atoms with E-state index in [0.717, 1.165) is 44.9 Å². The summed E-state index contributed by atoms with van der Waals surface area (Å²) in [6.45, 7) is 2.75. The molecule has 14 heteroatoms. The molecule has 0 radical (unpaired) electrons. The van der Waals surface area contributed by atoms with E-state index in [1.165, 1.54) is 128 Å². The van der Waals surface area contributed by atoms with E-state index < -0.39 is 86.8 Å². The SMILES string of the molecule is CCCCCCC/C=C\C/C=C\CCCCCCCCCCCC(=O)NC(COC1OC(CO)C(OC2OC(CO)C(O)C(O)C2O)C(O)C1O)C(O)/C=C/CC/C=C/CCCCCCCCCCC. The molecule has 2 aliphatic heterocycles. The molecule has 12 unspecified atom stereocenters. The van der Waals surface area contributed by atoms with Crippen molar-refractivity contribution in [3.05, 3.63) is 48.6 Å². The molecule has 14 nitrogen and oxygen atoms in total. The van der Waals surface area contributed by atoms with Gasteiger partial charge in [0.1, 0.15) is 48.8 Å². The highest BCUT2D eigenvalue weighted by Crippen LogP contribution is 2.30. The van der Waals surface area contributed by atoms with Crippen molar-refractivity contribution < 1.29 is 64.6 Å². The van der Waals surface area contributed by atoms with Crippen molar-refractivity contribution in [1.82, 2.24) is 5.32 Å². The zero-order chi connectivity index (χ0) is 51.0. The van der Waals surface area contributed by atoms with Gasteiger partial charge >= 0.3 is 0 Å². The molecular formula is C56H101NO13. The lowest BCUT2D eigenvalue weighted by molar-refractivity contribution is -0.359. The molecule has 408 valence electrons. The van der Waals surface area contributed by atoms with Gasteiger partial charge in [-0.2, -0.15) is 0 Å². The first kappa shape index (κ1) is 64.1. The van der Waals surface area contributed by atoms with Crippen molar-refractivity contribution in [3.63, 3.8) is 0 Å². The third-order valence-corrected chi connectivity index (χ3v) is 13.5. The summed E-state index contributed by atoms with van der Waals surface area (Å²) in [5.74, 6) is -0.255. The van der Waals surface area contributed by atoms with Crippen LogP contribution in [0.5, 0.6) is 0 Å². The van der Waals surface area contributed by atoms with E-state index in [1.807, 2.05) is 6.08 Å². The lowest BCUT2D eigenvalue weighted by atomic mass is 9.97. The summed E-state index contributed by atoms with van der Waals surface area (Å²) in [5, 5.41) is 86.9. The van der Waals surface area contributed by atoms with Gasteiger partial charge in [0.2, 0.25) is 5.91 Å². The Labute approximate surface area is 423 Å². The Balaban J connectivity index is 1.81. The standard InChI is InChI=1S/C56H101NO13/c1-3-5-7-9-11-13-15-17-19-20-21-22-23-24-26-28-30-32-34-36-38-40-48(61)57-44(45(60)39-37-35-33-31-29-27-25-18-16-14-12-10-8-6-4-2)43-67-55-53(66)51(64)54(47(42-59)69-55)70-56-52(65)50(63)49(62)46(41-58)68-56/h15,17,20-21,29,31,37,39,44-47,49-56,58-60,62-66H,3-14,16,18-19,22-28,30,32-36,38,40-43H2,1-2H3,(H,57,61)/b17-15-,21-20-,31-29+,39-37+. The highest BCUT2D eigenvalue weighted by Gasteiger charge is 2.51. The van der Waals surface area contributed by atoms with Crippen LogP contribution in [0.4, 0.5) is 0 Å². The lowest BCUT2D eigenvalue weighted by Gasteiger charge is -2.46. The van der Waals surface area contributed by atoms with Crippen LogP contribution in [0.1, 0.15) is 206 Å². The molecule has 1 amide bonds. The number of carbonyl (C=O) groups excluding carboxylic acids is 1. The molecule has 2 saturated heterocycles. The van der Waals surface area contributed by atoms with E-state index in [0.29, 0.717) is 12.8 Å². The summed E-state index contributed by atoms with van der Waals surface area (Å²) in [6, 6.07) is -0.934. The second-order valence-electron chi connectivity index (χ2n) is 19.7. The average molecular weight is 996 g/mol. The molecule has 0 saturated carbocycles. The van der Waals surface area contributed by atoms with E-state index in [9.17, 15) is 45.6 Å². The second-order valence-corrected chi connectivity index (χ2v) is 19.7. The average Bonchev–Trinajstić information content (AvgIpc) is 3.36. The summed E-state index contributed by atoms with van der Waals surface area (Å²) < 4.78 is 22.7. The van der Waals surface area contributed by atoms with Crippen molar-refractivity contribution in [1.29, 1.82) is 0 Å². The molecular weight excluding hydrogens is 895 g/mol. The van der Waals surface area contributed by atoms with Crippen molar-refractivity contribution in [3.8, 4) is 0 Å². The number of aliphatic hydroxyl groups is 8. The van der Waals surface area contributed by atoms with Gasteiger partial charge in [-0.3, -0.25) is 4.79 Å². The Bertz CT molecular complexity index is 1360. The molecule has 70 heavy (non-hydrogen) atoms. The van der Waals surface area contributed by atoms with Gasteiger partial charge in [0.25, 0.3) is 0 Å². The minimum absolute atomic E-state index is 0.255. The van der Waals surface area contributed by atoms with E-state index in [1.54, 1.807) is 6.08 Å². The molecule has 2 rings (SSSR count). The molecule has 0 aliphatic carbocycles. The van der Waals surface area contributed by atoms with Crippen LogP contribution in [0.2, 0.25) is 0 Å². The first-order valence-electron chi connectivity index (χ1n) is 27.9. The number of nitrogens with one attached hydrogen (secondary N) is 1. The zero-order valence-corrected chi connectivity index (χ0v) is 43.5. The lowest BCUT2D eigenvalue weighted by Crippen LogP contribution is -2.65. The smallest absolute Gasteiger partial charge is 0.220 e. The largest absolute Gasteiger partial charge is 0.394 e. The maximum Gasteiger partial charge on any atom is 0.220 e. The van der Waals surface area contributed by atoms with Crippen LogP contribution >= 0.6 is 0 Å². The Kier molecular flexibility index (Phi) is 38.7. The summed E-state index contributed by atoms with van der Waals surface area (Å²) >= 11 is 0. The van der Waals surface area contributed by atoms with Gasteiger partial charge in [-0.15, -0.1) is 0 Å². The van der Waals surface area contributed by atoms with Crippen LogP contribution in [-0.4, -0.2) is 140 Å². The van der Waals surface area contributed by atoms with Crippen LogP contribution in [0, 0.1) is 0 Å². The molecule has 2 heterocycles. The number of amides is 1. The minimum Gasteiger partial charge on any atom is -0.394 e. The predicted molar refractivity (Wildman–Crippen MR) is 277 cm³/mol.